The van der Waals surface area contributed by atoms with Gasteiger partial charge in [-0.25, -0.2) is 0 Å². The number of allylic oxidation sites excluding steroid dienone is 1. The third kappa shape index (κ3) is 3.56. The van der Waals surface area contributed by atoms with Crippen molar-refractivity contribution in [3.63, 3.8) is 0 Å². The quantitative estimate of drug-likeness (QED) is 0.764. The highest BCUT2D eigenvalue weighted by Crippen LogP contribution is 2.32. The van der Waals surface area contributed by atoms with Crippen LogP contribution in [0.25, 0.3) is 6.08 Å². The SMILES string of the molecule is COc1cccc(C=CCBr)c1OC(C)C. The Morgan fingerprint density at radius 2 is 2.12 bits per heavy atom. The zero-order valence-corrected chi connectivity index (χ0v) is 11.5. The molecule has 0 spiro atoms. The van der Waals surface area contributed by atoms with Gasteiger partial charge in [0, 0.05) is 10.9 Å². The largest absolute Gasteiger partial charge is 0.493 e. The molecule has 0 aromatic heterocycles. The van der Waals surface area contributed by atoms with Crippen molar-refractivity contribution in [2.45, 2.75) is 20.0 Å². The number of hydrogen-bond acceptors (Lipinski definition) is 2. The molecule has 16 heavy (non-hydrogen) atoms. The van der Waals surface area contributed by atoms with Crippen LogP contribution in [0.3, 0.4) is 0 Å². The summed E-state index contributed by atoms with van der Waals surface area (Å²) in [5, 5.41) is 0.825. The van der Waals surface area contributed by atoms with Gasteiger partial charge in [0.1, 0.15) is 0 Å². The molecule has 0 saturated heterocycles. The Balaban J connectivity index is 3.09. The summed E-state index contributed by atoms with van der Waals surface area (Å²) in [6, 6.07) is 5.88. The number of alkyl halides is 1. The van der Waals surface area contributed by atoms with Crippen molar-refractivity contribution in [2.24, 2.45) is 0 Å². The molecule has 0 fully saturated rings. The predicted octanol–water partition coefficient (Wildman–Crippen LogP) is 3.89. The normalized spacial score (nSPS) is 11.1. The first-order valence-electron chi connectivity index (χ1n) is 5.25. The number of para-hydroxylation sites is 1. The van der Waals surface area contributed by atoms with Crippen molar-refractivity contribution in [3.8, 4) is 11.5 Å². The molecule has 0 atom stereocenters. The predicted molar refractivity (Wildman–Crippen MR) is 71.6 cm³/mol. The smallest absolute Gasteiger partial charge is 0.168 e. The van der Waals surface area contributed by atoms with Gasteiger partial charge in [-0.1, -0.05) is 40.2 Å². The summed E-state index contributed by atoms with van der Waals surface area (Å²) >= 11 is 3.36. The fourth-order valence-electron chi connectivity index (χ4n) is 1.36. The van der Waals surface area contributed by atoms with Gasteiger partial charge in [0.05, 0.1) is 13.2 Å². The summed E-state index contributed by atoms with van der Waals surface area (Å²) in [5.41, 5.74) is 1.03. The lowest BCUT2D eigenvalue weighted by Crippen LogP contribution is -2.07. The van der Waals surface area contributed by atoms with Crippen LogP contribution in [0.5, 0.6) is 11.5 Å². The minimum absolute atomic E-state index is 0.132. The summed E-state index contributed by atoms with van der Waals surface area (Å²) in [4.78, 5) is 0. The third-order valence-electron chi connectivity index (χ3n) is 1.97. The summed E-state index contributed by atoms with van der Waals surface area (Å²) < 4.78 is 11.1. The second-order valence-corrected chi connectivity index (χ2v) is 4.25. The minimum Gasteiger partial charge on any atom is -0.493 e. The van der Waals surface area contributed by atoms with E-state index in [4.69, 9.17) is 9.47 Å². The molecule has 0 N–H and O–H groups in total. The van der Waals surface area contributed by atoms with E-state index in [9.17, 15) is 0 Å². The van der Waals surface area contributed by atoms with Gasteiger partial charge in [-0.3, -0.25) is 0 Å². The molecule has 0 aliphatic carbocycles. The maximum atomic E-state index is 5.77. The fraction of sp³-hybridized carbons (Fsp3) is 0.385. The van der Waals surface area contributed by atoms with Gasteiger partial charge in [0.25, 0.3) is 0 Å². The molecule has 3 heteroatoms. The molecule has 0 bridgehead atoms. The standard InChI is InChI=1S/C13H17BrO2/c1-10(2)16-13-11(7-5-9-14)6-4-8-12(13)15-3/h4-8,10H,9H2,1-3H3. The van der Waals surface area contributed by atoms with Crippen LogP contribution in [0, 0.1) is 0 Å². The third-order valence-corrected chi connectivity index (χ3v) is 2.34. The summed E-state index contributed by atoms with van der Waals surface area (Å²) in [7, 11) is 1.65. The van der Waals surface area contributed by atoms with Crippen LogP contribution in [0.4, 0.5) is 0 Å². The number of rotatable bonds is 5. The average molecular weight is 285 g/mol. The molecule has 2 nitrogen and oxygen atoms in total. The Hall–Kier alpha value is -0.960. The van der Waals surface area contributed by atoms with Crippen LogP contribution < -0.4 is 9.47 Å². The highest BCUT2D eigenvalue weighted by atomic mass is 79.9. The topological polar surface area (TPSA) is 18.5 Å². The van der Waals surface area contributed by atoms with Crippen LogP contribution >= 0.6 is 15.9 Å². The Labute approximate surface area is 105 Å². The van der Waals surface area contributed by atoms with Crippen LogP contribution in [0.2, 0.25) is 0 Å². The highest BCUT2D eigenvalue weighted by molar-refractivity contribution is 9.09. The van der Waals surface area contributed by atoms with Crippen molar-refractivity contribution in [1.82, 2.24) is 0 Å². The van der Waals surface area contributed by atoms with E-state index in [1.165, 1.54) is 0 Å². The van der Waals surface area contributed by atoms with E-state index >= 15 is 0 Å². The van der Waals surface area contributed by atoms with Gasteiger partial charge in [-0.15, -0.1) is 0 Å². The van der Waals surface area contributed by atoms with Crippen molar-refractivity contribution in [2.75, 3.05) is 12.4 Å². The number of benzene rings is 1. The van der Waals surface area contributed by atoms with E-state index in [2.05, 4.69) is 15.9 Å². The van der Waals surface area contributed by atoms with Crippen LogP contribution in [-0.4, -0.2) is 18.5 Å². The Kier molecular flexibility index (Phi) is 5.39. The van der Waals surface area contributed by atoms with Gasteiger partial charge < -0.3 is 9.47 Å². The number of ether oxygens (including phenoxy) is 2. The molecule has 0 amide bonds. The zero-order chi connectivity index (χ0) is 12.0. The molecule has 0 heterocycles. The van der Waals surface area contributed by atoms with Gasteiger partial charge >= 0.3 is 0 Å². The van der Waals surface area contributed by atoms with Crippen LogP contribution in [-0.2, 0) is 0 Å². The molecule has 0 saturated carbocycles. The van der Waals surface area contributed by atoms with E-state index < -0.39 is 0 Å². The second kappa shape index (κ2) is 6.59. The van der Waals surface area contributed by atoms with Gasteiger partial charge in [0.15, 0.2) is 11.5 Å². The van der Waals surface area contributed by atoms with E-state index in [0.29, 0.717) is 0 Å². The molecule has 0 aliphatic rings. The number of methoxy groups -OCH3 is 1. The lowest BCUT2D eigenvalue weighted by Gasteiger charge is -2.15. The van der Waals surface area contributed by atoms with Gasteiger partial charge in [0.2, 0.25) is 0 Å². The maximum absolute atomic E-state index is 5.77. The number of hydrogen-bond donors (Lipinski definition) is 0. The Morgan fingerprint density at radius 1 is 1.38 bits per heavy atom. The molecule has 1 rings (SSSR count). The molecular weight excluding hydrogens is 268 g/mol. The molecule has 1 aromatic carbocycles. The van der Waals surface area contributed by atoms with Crippen LogP contribution in [0.15, 0.2) is 24.3 Å². The molecule has 0 radical (unpaired) electrons. The van der Waals surface area contributed by atoms with Crippen molar-refractivity contribution in [3.05, 3.63) is 29.8 Å². The second-order valence-electron chi connectivity index (χ2n) is 3.60. The lowest BCUT2D eigenvalue weighted by molar-refractivity contribution is 0.229. The summed E-state index contributed by atoms with van der Waals surface area (Å²) in [6.45, 7) is 4.01. The molecule has 88 valence electrons. The van der Waals surface area contributed by atoms with E-state index in [0.717, 1.165) is 22.4 Å². The van der Waals surface area contributed by atoms with Gasteiger partial charge in [-0.05, 0) is 19.9 Å². The first-order valence-corrected chi connectivity index (χ1v) is 6.37. The molecule has 0 aliphatic heterocycles. The maximum Gasteiger partial charge on any atom is 0.168 e. The highest BCUT2D eigenvalue weighted by Gasteiger charge is 2.09. The Morgan fingerprint density at radius 3 is 2.69 bits per heavy atom. The Bertz CT molecular complexity index is 359. The minimum atomic E-state index is 0.132. The van der Waals surface area contributed by atoms with Gasteiger partial charge in [-0.2, -0.15) is 0 Å². The van der Waals surface area contributed by atoms with Crippen molar-refractivity contribution in [1.29, 1.82) is 0 Å². The molecular formula is C13H17BrO2. The first-order chi connectivity index (χ1) is 7.69. The fourth-order valence-corrected chi connectivity index (χ4v) is 1.55. The average Bonchev–Trinajstić information content (AvgIpc) is 2.27. The van der Waals surface area contributed by atoms with E-state index in [1.807, 2.05) is 44.2 Å². The van der Waals surface area contributed by atoms with Crippen molar-refractivity contribution >= 4 is 22.0 Å². The summed E-state index contributed by atoms with van der Waals surface area (Å²) in [6.07, 6.45) is 4.18. The van der Waals surface area contributed by atoms with E-state index in [-0.39, 0.29) is 6.10 Å². The monoisotopic (exact) mass is 284 g/mol. The number of halogens is 1. The van der Waals surface area contributed by atoms with Crippen LogP contribution in [0.1, 0.15) is 19.4 Å². The summed E-state index contributed by atoms with van der Waals surface area (Å²) in [5.74, 6) is 1.57. The first kappa shape index (κ1) is 13.1. The molecule has 1 aromatic rings. The molecule has 0 unspecified atom stereocenters. The lowest BCUT2D eigenvalue weighted by atomic mass is 10.1. The van der Waals surface area contributed by atoms with Crippen molar-refractivity contribution < 1.29 is 9.47 Å². The van der Waals surface area contributed by atoms with E-state index in [1.54, 1.807) is 7.11 Å². The zero-order valence-electron chi connectivity index (χ0n) is 9.87.